The molecule has 0 heterocycles. The molecular formula is C23H20ClN3O3. The SMILES string of the molecule is Cc1ccccc1NC(=O)C(=O)N/N=C\c1ccc(OCc2ccc(Cl)cc2)cc1. The number of aryl methyl sites for hydroxylation is 1. The topological polar surface area (TPSA) is 79.8 Å². The second-order valence-electron chi connectivity index (χ2n) is 6.45. The van der Waals surface area contributed by atoms with Gasteiger partial charge in [0.05, 0.1) is 6.21 Å². The number of nitrogens with zero attached hydrogens (tertiary/aromatic N) is 1. The van der Waals surface area contributed by atoms with Crippen LogP contribution in [0.25, 0.3) is 0 Å². The number of para-hydroxylation sites is 1. The minimum Gasteiger partial charge on any atom is -0.489 e. The van der Waals surface area contributed by atoms with Crippen LogP contribution >= 0.6 is 11.6 Å². The highest BCUT2D eigenvalue weighted by atomic mass is 35.5. The van der Waals surface area contributed by atoms with E-state index in [1.165, 1.54) is 6.21 Å². The summed E-state index contributed by atoms with van der Waals surface area (Å²) in [5, 5.41) is 7.05. The summed E-state index contributed by atoms with van der Waals surface area (Å²) in [6, 6.07) is 21.8. The third kappa shape index (κ3) is 6.18. The van der Waals surface area contributed by atoms with Crippen molar-refractivity contribution >= 4 is 35.3 Å². The molecule has 0 fully saturated rings. The molecule has 7 heteroatoms. The van der Waals surface area contributed by atoms with E-state index in [2.05, 4.69) is 15.8 Å². The molecule has 2 N–H and O–H groups in total. The molecule has 0 aliphatic heterocycles. The van der Waals surface area contributed by atoms with Crippen LogP contribution in [0.4, 0.5) is 5.69 Å². The summed E-state index contributed by atoms with van der Waals surface area (Å²) in [5.41, 5.74) is 5.41. The maximum absolute atomic E-state index is 11.9. The van der Waals surface area contributed by atoms with Gasteiger partial charge in [0.15, 0.2) is 0 Å². The fourth-order valence-corrected chi connectivity index (χ4v) is 2.63. The number of carbonyl (C=O) groups is 2. The highest BCUT2D eigenvalue weighted by Gasteiger charge is 2.13. The Balaban J connectivity index is 1.47. The van der Waals surface area contributed by atoms with E-state index in [0.29, 0.717) is 23.1 Å². The Hall–Kier alpha value is -3.64. The van der Waals surface area contributed by atoms with Crippen molar-refractivity contribution < 1.29 is 14.3 Å². The normalized spacial score (nSPS) is 10.6. The Kier molecular flexibility index (Phi) is 7.19. The summed E-state index contributed by atoms with van der Waals surface area (Å²) in [6.45, 7) is 2.27. The number of amides is 2. The lowest BCUT2D eigenvalue weighted by molar-refractivity contribution is -0.136. The van der Waals surface area contributed by atoms with Crippen molar-refractivity contribution in [1.29, 1.82) is 0 Å². The van der Waals surface area contributed by atoms with E-state index < -0.39 is 11.8 Å². The number of benzene rings is 3. The highest BCUT2D eigenvalue weighted by molar-refractivity contribution is 6.39. The first kappa shape index (κ1) is 21.1. The maximum Gasteiger partial charge on any atom is 0.329 e. The number of rotatable bonds is 6. The Labute approximate surface area is 179 Å². The van der Waals surface area contributed by atoms with Crippen LogP contribution in [-0.2, 0) is 16.2 Å². The summed E-state index contributed by atoms with van der Waals surface area (Å²) >= 11 is 5.87. The molecule has 0 aliphatic rings. The molecule has 0 radical (unpaired) electrons. The van der Waals surface area contributed by atoms with Gasteiger partial charge in [-0.3, -0.25) is 9.59 Å². The number of carbonyl (C=O) groups excluding carboxylic acids is 2. The molecule has 2 amide bonds. The molecule has 0 unspecified atom stereocenters. The van der Waals surface area contributed by atoms with E-state index in [9.17, 15) is 9.59 Å². The van der Waals surface area contributed by atoms with Crippen molar-refractivity contribution in [2.75, 3.05) is 5.32 Å². The van der Waals surface area contributed by atoms with Gasteiger partial charge in [0.1, 0.15) is 12.4 Å². The van der Waals surface area contributed by atoms with Crippen LogP contribution in [-0.4, -0.2) is 18.0 Å². The van der Waals surface area contributed by atoms with Crippen LogP contribution in [0.2, 0.25) is 5.02 Å². The zero-order valence-electron chi connectivity index (χ0n) is 16.3. The third-order valence-corrected chi connectivity index (χ3v) is 4.43. The maximum atomic E-state index is 11.9. The zero-order chi connectivity index (χ0) is 21.3. The summed E-state index contributed by atoms with van der Waals surface area (Å²) in [5.74, 6) is -0.937. The largest absolute Gasteiger partial charge is 0.489 e. The predicted molar refractivity (Wildman–Crippen MR) is 118 cm³/mol. The highest BCUT2D eigenvalue weighted by Crippen LogP contribution is 2.15. The molecule has 0 aromatic heterocycles. The summed E-state index contributed by atoms with van der Waals surface area (Å²) in [7, 11) is 0. The van der Waals surface area contributed by atoms with Gasteiger partial charge in [-0.2, -0.15) is 5.10 Å². The minimum absolute atomic E-state index is 0.427. The van der Waals surface area contributed by atoms with Crippen LogP contribution < -0.4 is 15.5 Å². The van der Waals surface area contributed by atoms with Crippen LogP contribution in [0.3, 0.4) is 0 Å². The molecule has 0 atom stereocenters. The van der Waals surface area contributed by atoms with E-state index in [1.807, 2.05) is 43.3 Å². The Morgan fingerprint density at radius 3 is 2.37 bits per heavy atom. The van der Waals surface area contributed by atoms with Crippen LogP contribution in [0.15, 0.2) is 77.9 Å². The molecule has 6 nitrogen and oxygen atoms in total. The Morgan fingerprint density at radius 2 is 1.67 bits per heavy atom. The first-order chi connectivity index (χ1) is 14.5. The Bertz CT molecular complexity index is 1050. The van der Waals surface area contributed by atoms with Crippen LogP contribution in [0.1, 0.15) is 16.7 Å². The third-order valence-electron chi connectivity index (χ3n) is 4.18. The number of hydrogen-bond acceptors (Lipinski definition) is 4. The zero-order valence-corrected chi connectivity index (χ0v) is 17.0. The second-order valence-corrected chi connectivity index (χ2v) is 6.89. The molecular weight excluding hydrogens is 402 g/mol. The van der Waals surface area contributed by atoms with Crippen molar-refractivity contribution in [3.63, 3.8) is 0 Å². The van der Waals surface area contributed by atoms with Gasteiger partial charge in [0.2, 0.25) is 0 Å². The van der Waals surface area contributed by atoms with Gasteiger partial charge in [0.25, 0.3) is 0 Å². The standard InChI is InChI=1S/C23H20ClN3O3/c1-16-4-2-3-5-21(16)26-22(28)23(29)27-25-14-17-8-12-20(13-9-17)30-15-18-6-10-19(24)11-7-18/h2-14H,15H2,1H3,(H,26,28)(H,27,29)/b25-14-. The quantitative estimate of drug-likeness (QED) is 0.353. The molecule has 0 saturated carbocycles. The van der Waals surface area contributed by atoms with Gasteiger partial charge < -0.3 is 10.1 Å². The van der Waals surface area contributed by atoms with Crippen molar-refractivity contribution in [3.05, 3.63) is 94.5 Å². The minimum atomic E-state index is -0.850. The summed E-state index contributed by atoms with van der Waals surface area (Å²) in [4.78, 5) is 23.8. The molecule has 3 rings (SSSR count). The van der Waals surface area contributed by atoms with Crippen LogP contribution in [0.5, 0.6) is 5.75 Å². The van der Waals surface area contributed by atoms with Gasteiger partial charge in [0, 0.05) is 10.7 Å². The molecule has 30 heavy (non-hydrogen) atoms. The van der Waals surface area contributed by atoms with Crippen molar-refractivity contribution in [2.45, 2.75) is 13.5 Å². The molecule has 152 valence electrons. The molecule has 0 bridgehead atoms. The summed E-state index contributed by atoms with van der Waals surface area (Å²) in [6.07, 6.45) is 1.45. The first-order valence-electron chi connectivity index (χ1n) is 9.18. The fourth-order valence-electron chi connectivity index (χ4n) is 2.51. The summed E-state index contributed by atoms with van der Waals surface area (Å²) < 4.78 is 5.72. The average molecular weight is 422 g/mol. The van der Waals surface area contributed by atoms with Gasteiger partial charge in [-0.25, -0.2) is 5.43 Å². The molecule has 0 spiro atoms. The monoisotopic (exact) mass is 421 g/mol. The van der Waals surface area contributed by atoms with E-state index in [-0.39, 0.29) is 0 Å². The van der Waals surface area contributed by atoms with Crippen LogP contribution in [0, 0.1) is 6.92 Å². The number of nitrogens with one attached hydrogen (secondary N) is 2. The van der Waals surface area contributed by atoms with Gasteiger partial charge >= 0.3 is 11.8 Å². The lowest BCUT2D eigenvalue weighted by Crippen LogP contribution is -2.32. The molecule has 3 aromatic carbocycles. The Morgan fingerprint density at radius 1 is 0.967 bits per heavy atom. The number of ether oxygens (including phenoxy) is 1. The van der Waals surface area contributed by atoms with Gasteiger partial charge in [-0.15, -0.1) is 0 Å². The first-order valence-corrected chi connectivity index (χ1v) is 9.56. The number of hydrazone groups is 1. The molecule has 3 aromatic rings. The van der Waals surface area contributed by atoms with Gasteiger partial charge in [-0.05, 0) is 66.1 Å². The smallest absolute Gasteiger partial charge is 0.329 e. The van der Waals surface area contributed by atoms with E-state index in [1.54, 1.807) is 36.4 Å². The lowest BCUT2D eigenvalue weighted by Gasteiger charge is -2.07. The van der Waals surface area contributed by atoms with Crippen molar-refractivity contribution in [3.8, 4) is 5.75 Å². The molecule has 0 saturated heterocycles. The average Bonchev–Trinajstić information content (AvgIpc) is 2.76. The van der Waals surface area contributed by atoms with E-state index >= 15 is 0 Å². The fraction of sp³-hybridized carbons (Fsp3) is 0.0870. The molecule has 0 aliphatic carbocycles. The van der Waals surface area contributed by atoms with Gasteiger partial charge in [-0.1, -0.05) is 41.9 Å². The van der Waals surface area contributed by atoms with E-state index in [0.717, 1.165) is 16.7 Å². The number of hydrogen-bond donors (Lipinski definition) is 2. The lowest BCUT2D eigenvalue weighted by atomic mass is 10.2. The second kappa shape index (κ2) is 10.2. The van der Waals surface area contributed by atoms with E-state index in [4.69, 9.17) is 16.3 Å². The van der Waals surface area contributed by atoms with Crippen molar-refractivity contribution in [1.82, 2.24) is 5.43 Å². The number of halogens is 1. The predicted octanol–water partition coefficient (Wildman–Crippen LogP) is 4.32. The van der Waals surface area contributed by atoms with Crippen molar-refractivity contribution in [2.24, 2.45) is 5.10 Å². The number of anilines is 1.